The Bertz CT molecular complexity index is 350. The second kappa shape index (κ2) is 4.35. The van der Waals surface area contributed by atoms with Crippen LogP contribution >= 0.6 is 11.6 Å². The number of hydrogen-bond acceptors (Lipinski definition) is 3. The van der Waals surface area contributed by atoms with Gasteiger partial charge >= 0.3 is 0 Å². The quantitative estimate of drug-likeness (QED) is 0.737. The number of aromatic nitrogens is 2. The predicted octanol–water partition coefficient (Wildman–Crippen LogP) is 2.30. The van der Waals surface area contributed by atoms with Gasteiger partial charge in [-0.1, -0.05) is 0 Å². The van der Waals surface area contributed by atoms with E-state index in [0.717, 1.165) is 23.8 Å². The van der Waals surface area contributed by atoms with Crippen molar-refractivity contribution in [3.8, 4) is 0 Å². The molecule has 0 bridgehead atoms. The van der Waals surface area contributed by atoms with Crippen LogP contribution in [0.3, 0.4) is 0 Å². The lowest BCUT2D eigenvalue weighted by molar-refractivity contribution is 0.800. The molecule has 0 unspecified atom stereocenters. The first-order valence-corrected chi connectivity index (χ1v) is 5.88. The first kappa shape index (κ1) is 10.7. The molecule has 0 spiro atoms. The Kier molecular flexibility index (Phi) is 3.10. The first-order valence-electron chi connectivity index (χ1n) is 5.35. The van der Waals surface area contributed by atoms with Crippen LogP contribution in [0.15, 0.2) is 6.20 Å². The molecule has 0 atom stereocenters. The summed E-state index contributed by atoms with van der Waals surface area (Å²) in [6.07, 6.45) is 4.37. The maximum atomic E-state index is 5.80. The second-order valence-corrected chi connectivity index (χ2v) is 4.39. The van der Waals surface area contributed by atoms with Crippen molar-refractivity contribution in [1.29, 1.82) is 0 Å². The number of aryl methyl sites for hydroxylation is 2. The Morgan fingerprint density at radius 3 is 2.67 bits per heavy atom. The lowest BCUT2D eigenvalue weighted by Gasteiger charge is -2.22. The normalized spacial score (nSPS) is 15.4. The van der Waals surface area contributed by atoms with Gasteiger partial charge in [-0.25, -0.2) is 4.98 Å². The Morgan fingerprint density at radius 1 is 1.40 bits per heavy atom. The van der Waals surface area contributed by atoms with Crippen LogP contribution in [-0.4, -0.2) is 28.4 Å². The Balaban J connectivity index is 2.21. The van der Waals surface area contributed by atoms with E-state index in [1.54, 1.807) is 0 Å². The van der Waals surface area contributed by atoms with E-state index in [0.29, 0.717) is 11.9 Å². The van der Waals surface area contributed by atoms with E-state index in [1.807, 2.05) is 20.0 Å². The van der Waals surface area contributed by atoms with Crippen LogP contribution in [0.1, 0.15) is 24.2 Å². The SMILES string of the molecule is Cc1ncc(N(CCCl)C2CC2)nc1C. The number of halogens is 1. The highest BCUT2D eigenvalue weighted by Gasteiger charge is 2.29. The van der Waals surface area contributed by atoms with Crippen molar-refractivity contribution in [2.24, 2.45) is 0 Å². The highest BCUT2D eigenvalue weighted by molar-refractivity contribution is 6.18. The van der Waals surface area contributed by atoms with Crippen molar-refractivity contribution in [3.63, 3.8) is 0 Å². The molecule has 0 amide bonds. The zero-order valence-corrected chi connectivity index (χ0v) is 9.96. The van der Waals surface area contributed by atoms with Gasteiger partial charge in [-0.05, 0) is 26.7 Å². The third-order valence-electron chi connectivity index (χ3n) is 2.79. The number of nitrogens with zero attached hydrogens (tertiary/aromatic N) is 3. The smallest absolute Gasteiger partial charge is 0.147 e. The molecule has 0 saturated heterocycles. The molecule has 82 valence electrons. The summed E-state index contributed by atoms with van der Waals surface area (Å²) in [6, 6.07) is 0.639. The zero-order valence-electron chi connectivity index (χ0n) is 9.20. The fourth-order valence-corrected chi connectivity index (χ4v) is 1.81. The molecule has 1 aliphatic carbocycles. The fraction of sp³-hybridized carbons (Fsp3) is 0.636. The van der Waals surface area contributed by atoms with Gasteiger partial charge in [-0.3, -0.25) is 4.98 Å². The summed E-state index contributed by atoms with van der Waals surface area (Å²) >= 11 is 5.80. The summed E-state index contributed by atoms with van der Waals surface area (Å²) in [5, 5.41) is 0. The molecule has 0 aromatic carbocycles. The number of rotatable bonds is 4. The molecular formula is C11H16ClN3. The van der Waals surface area contributed by atoms with Crippen molar-refractivity contribution < 1.29 is 0 Å². The largest absolute Gasteiger partial charge is 0.351 e. The van der Waals surface area contributed by atoms with Crippen LogP contribution in [0.2, 0.25) is 0 Å². The van der Waals surface area contributed by atoms with Crippen molar-refractivity contribution in [3.05, 3.63) is 17.6 Å². The Morgan fingerprint density at radius 2 is 2.13 bits per heavy atom. The second-order valence-electron chi connectivity index (χ2n) is 4.01. The summed E-state index contributed by atoms with van der Waals surface area (Å²) in [4.78, 5) is 11.2. The number of hydrogen-bond donors (Lipinski definition) is 0. The molecule has 1 heterocycles. The molecule has 1 fully saturated rings. The van der Waals surface area contributed by atoms with Crippen LogP contribution in [0.5, 0.6) is 0 Å². The van der Waals surface area contributed by atoms with E-state index >= 15 is 0 Å². The lowest BCUT2D eigenvalue weighted by Crippen LogP contribution is -2.29. The minimum atomic E-state index is 0.639. The van der Waals surface area contributed by atoms with Crippen molar-refractivity contribution in [2.45, 2.75) is 32.7 Å². The fourth-order valence-electron chi connectivity index (χ4n) is 1.63. The molecule has 15 heavy (non-hydrogen) atoms. The Hall–Kier alpha value is -0.830. The molecule has 4 heteroatoms. The van der Waals surface area contributed by atoms with Crippen molar-refractivity contribution >= 4 is 17.4 Å². The molecule has 1 aromatic rings. The summed E-state index contributed by atoms with van der Waals surface area (Å²) in [5.41, 5.74) is 2.01. The summed E-state index contributed by atoms with van der Waals surface area (Å²) in [7, 11) is 0. The molecule has 2 rings (SSSR count). The molecular weight excluding hydrogens is 210 g/mol. The van der Waals surface area contributed by atoms with Crippen LogP contribution < -0.4 is 4.90 Å². The zero-order chi connectivity index (χ0) is 10.8. The monoisotopic (exact) mass is 225 g/mol. The third-order valence-corrected chi connectivity index (χ3v) is 2.96. The lowest BCUT2D eigenvalue weighted by atomic mass is 10.3. The van der Waals surface area contributed by atoms with Gasteiger partial charge in [0.25, 0.3) is 0 Å². The topological polar surface area (TPSA) is 29.0 Å². The summed E-state index contributed by atoms with van der Waals surface area (Å²) in [6.45, 7) is 4.84. The van der Waals surface area contributed by atoms with Gasteiger partial charge in [0.1, 0.15) is 5.82 Å². The maximum absolute atomic E-state index is 5.80. The van der Waals surface area contributed by atoms with E-state index in [9.17, 15) is 0 Å². The van der Waals surface area contributed by atoms with Gasteiger partial charge in [0, 0.05) is 18.5 Å². The van der Waals surface area contributed by atoms with Gasteiger partial charge in [0.2, 0.25) is 0 Å². The maximum Gasteiger partial charge on any atom is 0.147 e. The average molecular weight is 226 g/mol. The molecule has 0 N–H and O–H groups in total. The van der Waals surface area contributed by atoms with Crippen LogP contribution in [0.4, 0.5) is 5.82 Å². The highest BCUT2D eigenvalue weighted by atomic mass is 35.5. The number of anilines is 1. The van der Waals surface area contributed by atoms with Crippen LogP contribution in [0, 0.1) is 13.8 Å². The first-order chi connectivity index (χ1) is 7.22. The predicted molar refractivity (Wildman–Crippen MR) is 62.6 cm³/mol. The molecule has 1 saturated carbocycles. The molecule has 1 aromatic heterocycles. The average Bonchev–Trinajstić information content (AvgIpc) is 3.02. The summed E-state index contributed by atoms with van der Waals surface area (Å²) in [5.74, 6) is 1.62. The van der Waals surface area contributed by atoms with Gasteiger partial charge in [-0.15, -0.1) is 11.6 Å². The van der Waals surface area contributed by atoms with Crippen molar-refractivity contribution in [1.82, 2.24) is 9.97 Å². The standard InChI is InChI=1S/C11H16ClN3/c1-8-9(2)14-11(7-13-8)15(6-5-12)10-3-4-10/h7,10H,3-6H2,1-2H3. The number of alkyl halides is 1. The van der Waals surface area contributed by atoms with Crippen LogP contribution in [0.25, 0.3) is 0 Å². The van der Waals surface area contributed by atoms with Crippen LogP contribution in [-0.2, 0) is 0 Å². The van der Waals surface area contributed by atoms with Gasteiger partial charge in [0.05, 0.1) is 17.6 Å². The van der Waals surface area contributed by atoms with Gasteiger partial charge < -0.3 is 4.90 Å². The van der Waals surface area contributed by atoms with E-state index in [-0.39, 0.29) is 0 Å². The molecule has 1 aliphatic rings. The van der Waals surface area contributed by atoms with E-state index in [4.69, 9.17) is 11.6 Å². The molecule has 0 aliphatic heterocycles. The highest BCUT2D eigenvalue weighted by Crippen LogP contribution is 2.30. The van der Waals surface area contributed by atoms with Gasteiger partial charge in [0.15, 0.2) is 0 Å². The van der Waals surface area contributed by atoms with Crippen molar-refractivity contribution in [2.75, 3.05) is 17.3 Å². The minimum absolute atomic E-state index is 0.639. The van der Waals surface area contributed by atoms with E-state index in [1.165, 1.54) is 12.8 Å². The Labute approximate surface area is 95.5 Å². The van der Waals surface area contributed by atoms with Gasteiger partial charge in [-0.2, -0.15) is 0 Å². The minimum Gasteiger partial charge on any atom is -0.351 e. The third kappa shape index (κ3) is 2.40. The molecule has 0 radical (unpaired) electrons. The molecule has 3 nitrogen and oxygen atoms in total. The summed E-state index contributed by atoms with van der Waals surface area (Å²) < 4.78 is 0. The van der Waals surface area contributed by atoms with E-state index in [2.05, 4.69) is 14.9 Å². The van der Waals surface area contributed by atoms with E-state index < -0.39 is 0 Å².